The highest BCUT2D eigenvalue weighted by atomic mass is 32.1. The molecule has 198 valence electrons. The van der Waals surface area contributed by atoms with Crippen LogP contribution in [0.2, 0.25) is 0 Å². The van der Waals surface area contributed by atoms with Crippen molar-refractivity contribution in [3.8, 4) is 11.5 Å². The summed E-state index contributed by atoms with van der Waals surface area (Å²) in [7, 11) is 0. The van der Waals surface area contributed by atoms with E-state index >= 15 is 0 Å². The van der Waals surface area contributed by atoms with Gasteiger partial charge in [0.05, 0.1) is 4.88 Å². The second-order valence-electron chi connectivity index (χ2n) is 8.31. The molecule has 0 aliphatic rings. The molecule has 2 unspecified atom stereocenters. The lowest BCUT2D eigenvalue weighted by Crippen LogP contribution is -2.39. The van der Waals surface area contributed by atoms with Gasteiger partial charge >= 0.3 is 6.61 Å². The van der Waals surface area contributed by atoms with Crippen LogP contribution in [0.25, 0.3) is 0 Å². The highest BCUT2D eigenvalue weighted by Gasteiger charge is 2.27. The average molecular weight is 541 g/mol. The number of nitrogens with two attached hydrogens (primary N) is 2. The van der Waals surface area contributed by atoms with Gasteiger partial charge in [-0.25, -0.2) is 4.98 Å². The molecule has 0 saturated carbocycles. The van der Waals surface area contributed by atoms with Crippen LogP contribution in [0.3, 0.4) is 0 Å². The van der Waals surface area contributed by atoms with Crippen LogP contribution in [0.5, 0.6) is 11.5 Å². The number of benzene rings is 3. The molecule has 4 aromatic rings. The first-order valence-electron chi connectivity index (χ1n) is 11.6. The number of carbonyl (C=O) groups is 1. The second kappa shape index (κ2) is 11.9. The fourth-order valence-electron chi connectivity index (χ4n) is 3.68. The molecule has 8 nitrogen and oxygen atoms in total. The third-order valence-corrected chi connectivity index (χ3v) is 6.83. The summed E-state index contributed by atoms with van der Waals surface area (Å²) in [6.45, 7) is -0.910. The van der Waals surface area contributed by atoms with E-state index in [4.69, 9.17) is 16.2 Å². The molecule has 4 rings (SSSR count). The number of alkyl halides is 2. The predicted molar refractivity (Wildman–Crippen MR) is 142 cm³/mol. The van der Waals surface area contributed by atoms with Crippen LogP contribution in [0.15, 0.2) is 78.9 Å². The van der Waals surface area contributed by atoms with Crippen molar-refractivity contribution in [1.29, 1.82) is 0 Å². The largest absolute Gasteiger partial charge is 0.489 e. The number of nitrogen functional groups attached to an aromatic ring is 1. The lowest BCUT2D eigenvalue weighted by Gasteiger charge is -2.27. The molecule has 0 bridgehead atoms. The van der Waals surface area contributed by atoms with Gasteiger partial charge in [-0.1, -0.05) is 53.8 Å². The molecule has 0 fully saturated rings. The number of hydrogen-bond acceptors (Lipinski definition) is 8. The molecular formula is C27H26F2N4O4S. The van der Waals surface area contributed by atoms with E-state index in [1.807, 2.05) is 30.3 Å². The number of thiazole rings is 1. The van der Waals surface area contributed by atoms with Crippen LogP contribution >= 0.6 is 11.3 Å². The summed E-state index contributed by atoms with van der Waals surface area (Å²) in [6.07, 6.45) is -1.18. The first kappa shape index (κ1) is 26.8. The second-order valence-corrected chi connectivity index (χ2v) is 9.32. The third kappa shape index (κ3) is 6.36. The van der Waals surface area contributed by atoms with Crippen molar-refractivity contribution in [2.45, 2.75) is 32.3 Å². The maximum absolute atomic E-state index is 12.4. The summed E-state index contributed by atoms with van der Waals surface area (Å²) < 4.78 is 35.1. The summed E-state index contributed by atoms with van der Waals surface area (Å²) in [5, 5.41) is 11.3. The van der Waals surface area contributed by atoms with Gasteiger partial charge in [0.2, 0.25) is 5.91 Å². The molecule has 38 heavy (non-hydrogen) atoms. The fraction of sp³-hybridized carbons (Fsp3) is 0.185. The Morgan fingerprint density at radius 2 is 1.66 bits per heavy atom. The number of ether oxygens (including phenoxy) is 2. The molecule has 1 heterocycles. The Hall–Kier alpha value is -4.22. The topological polar surface area (TPSA) is 124 Å². The van der Waals surface area contributed by atoms with E-state index in [9.17, 15) is 18.7 Å². The number of halogens is 2. The van der Waals surface area contributed by atoms with Crippen LogP contribution < -0.4 is 25.8 Å². The summed E-state index contributed by atoms with van der Waals surface area (Å²) in [5.74, 6) is 0.0830. The summed E-state index contributed by atoms with van der Waals surface area (Å²) in [5.41, 5.74) is 13.8. The van der Waals surface area contributed by atoms with Crippen LogP contribution in [-0.2, 0) is 11.4 Å². The lowest BCUT2D eigenvalue weighted by atomic mass is 10.1. The average Bonchev–Trinajstić information content (AvgIpc) is 3.29. The number of hydrogen-bond donors (Lipinski definition) is 3. The van der Waals surface area contributed by atoms with Gasteiger partial charge in [0, 0.05) is 5.69 Å². The minimum Gasteiger partial charge on any atom is -0.489 e. The van der Waals surface area contributed by atoms with E-state index in [1.54, 1.807) is 36.1 Å². The van der Waals surface area contributed by atoms with Crippen molar-refractivity contribution in [3.05, 3.63) is 94.9 Å². The Morgan fingerprint density at radius 3 is 2.26 bits per heavy atom. The maximum Gasteiger partial charge on any atom is 0.387 e. The molecule has 0 aliphatic carbocycles. The first-order chi connectivity index (χ1) is 18.2. The molecule has 1 amide bonds. The Morgan fingerprint density at radius 1 is 1.03 bits per heavy atom. The van der Waals surface area contributed by atoms with E-state index < -0.39 is 24.7 Å². The summed E-state index contributed by atoms with van der Waals surface area (Å²) >= 11 is 1.09. The zero-order valence-corrected chi connectivity index (χ0v) is 21.1. The number of aliphatic hydroxyl groups excluding tert-OH is 1. The molecular weight excluding hydrogens is 514 g/mol. The molecule has 0 radical (unpaired) electrons. The molecule has 0 spiro atoms. The highest BCUT2D eigenvalue weighted by Crippen LogP contribution is 2.40. The lowest BCUT2D eigenvalue weighted by molar-refractivity contribution is -0.118. The van der Waals surface area contributed by atoms with Crippen molar-refractivity contribution in [2.75, 3.05) is 10.6 Å². The van der Waals surface area contributed by atoms with Gasteiger partial charge in [-0.2, -0.15) is 8.78 Å². The van der Waals surface area contributed by atoms with Gasteiger partial charge in [-0.05, 0) is 54.4 Å². The van der Waals surface area contributed by atoms with Crippen molar-refractivity contribution < 1.29 is 28.2 Å². The highest BCUT2D eigenvalue weighted by molar-refractivity contribution is 7.16. The van der Waals surface area contributed by atoms with Gasteiger partial charge in [0.15, 0.2) is 5.13 Å². The molecule has 2 atom stereocenters. The molecule has 5 N–H and O–H groups in total. The number of aliphatic hydroxyl groups is 1. The van der Waals surface area contributed by atoms with E-state index in [-0.39, 0.29) is 11.6 Å². The fourth-order valence-corrected chi connectivity index (χ4v) is 4.78. The number of primary amides is 1. The van der Waals surface area contributed by atoms with Crippen molar-refractivity contribution in [3.63, 3.8) is 0 Å². The molecule has 11 heteroatoms. The van der Waals surface area contributed by atoms with Crippen LogP contribution in [0, 0.1) is 0 Å². The number of nitrogens with zero attached hydrogens (tertiary/aromatic N) is 2. The van der Waals surface area contributed by atoms with Crippen LogP contribution in [0.1, 0.15) is 29.0 Å². The monoisotopic (exact) mass is 540 g/mol. The normalized spacial score (nSPS) is 12.7. The minimum absolute atomic E-state index is 0.0356. The van der Waals surface area contributed by atoms with Gasteiger partial charge in [0.1, 0.15) is 36.1 Å². The molecule has 0 saturated heterocycles. The first-order valence-corrected chi connectivity index (χ1v) is 12.4. The maximum atomic E-state index is 12.4. The van der Waals surface area contributed by atoms with Crippen LogP contribution in [0.4, 0.5) is 25.4 Å². The van der Waals surface area contributed by atoms with Gasteiger partial charge in [0.25, 0.3) is 0 Å². The van der Waals surface area contributed by atoms with E-state index in [0.29, 0.717) is 33.6 Å². The van der Waals surface area contributed by atoms with E-state index in [0.717, 1.165) is 16.9 Å². The Balaban J connectivity index is 1.57. The van der Waals surface area contributed by atoms with Crippen molar-refractivity contribution in [2.24, 2.45) is 5.73 Å². The molecule has 1 aromatic heterocycles. The Kier molecular flexibility index (Phi) is 8.39. The predicted octanol–water partition coefficient (Wildman–Crippen LogP) is 5.00. The van der Waals surface area contributed by atoms with Gasteiger partial charge < -0.3 is 30.9 Å². The number of anilines is 3. The van der Waals surface area contributed by atoms with Gasteiger partial charge in [-0.3, -0.25) is 4.79 Å². The molecule has 3 aromatic carbocycles. The number of carbonyl (C=O) groups excluding carboxylic acids is 1. The number of rotatable bonds is 11. The smallest absolute Gasteiger partial charge is 0.387 e. The minimum atomic E-state index is -2.95. The third-order valence-electron chi connectivity index (χ3n) is 5.71. The quantitative estimate of drug-likeness (QED) is 0.245. The van der Waals surface area contributed by atoms with Crippen LogP contribution in [-0.4, -0.2) is 28.7 Å². The number of amides is 1. The summed E-state index contributed by atoms with van der Waals surface area (Å²) in [6, 6.07) is 21.6. The Labute approximate surface area is 222 Å². The standard InChI is InChI=1S/C27H26F2N4O4S/c1-16(25(31)35)33(19-9-13-20(14-10-19)36-15-17-5-3-2-4-6-17)27-32-24(30)23(38-27)22(34)18-7-11-21(12-8-18)37-26(28)29/h2-14,16,22,26,34H,15,30H2,1H3,(H2,31,35). The molecule has 0 aliphatic heterocycles. The van der Waals surface area contributed by atoms with E-state index in [2.05, 4.69) is 9.72 Å². The zero-order valence-electron chi connectivity index (χ0n) is 20.3. The van der Waals surface area contributed by atoms with Gasteiger partial charge in [-0.15, -0.1) is 0 Å². The van der Waals surface area contributed by atoms with E-state index in [1.165, 1.54) is 24.3 Å². The number of aromatic nitrogens is 1. The van der Waals surface area contributed by atoms with Crippen molar-refractivity contribution >= 4 is 33.9 Å². The SMILES string of the molecule is CC(C(N)=O)N(c1ccc(OCc2ccccc2)cc1)c1nc(N)c(C(O)c2ccc(OC(F)F)cc2)s1. The van der Waals surface area contributed by atoms with Crippen molar-refractivity contribution in [1.82, 2.24) is 4.98 Å². The summed E-state index contributed by atoms with van der Waals surface area (Å²) in [4.78, 5) is 18.5. The zero-order chi connectivity index (χ0) is 27.2. The Bertz CT molecular complexity index is 1350.